The van der Waals surface area contributed by atoms with Crippen LogP contribution in [0.1, 0.15) is 11.4 Å². The molecule has 0 aromatic carbocycles. The van der Waals surface area contributed by atoms with Crippen LogP contribution >= 0.6 is 0 Å². The number of nitrogens with zero attached hydrogens (tertiary/aromatic N) is 3. The highest BCUT2D eigenvalue weighted by Gasteiger charge is 2.10. The lowest BCUT2D eigenvalue weighted by atomic mass is 10.3. The zero-order valence-electron chi connectivity index (χ0n) is 10.2. The summed E-state index contributed by atoms with van der Waals surface area (Å²) in [6.07, 6.45) is 3.95. The van der Waals surface area contributed by atoms with Gasteiger partial charge in [-0.05, 0) is 6.92 Å². The Morgan fingerprint density at radius 2 is 2.17 bits per heavy atom. The number of hydrogen-bond acceptors (Lipinski definition) is 4. The molecule has 18 heavy (non-hydrogen) atoms. The van der Waals surface area contributed by atoms with Crippen LogP contribution in [0.15, 0.2) is 22.0 Å². The topological polar surface area (TPSA) is 92.9 Å². The highest BCUT2D eigenvalue weighted by atomic mass is 16.3. The van der Waals surface area contributed by atoms with Crippen molar-refractivity contribution in [2.24, 2.45) is 7.05 Å². The summed E-state index contributed by atoms with van der Waals surface area (Å²) in [4.78, 5) is 29.1. The van der Waals surface area contributed by atoms with Gasteiger partial charge in [-0.3, -0.25) is 14.3 Å². The van der Waals surface area contributed by atoms with Crippen molar-refractivity contribution in [1.82, 2.24) is 19.1 Å². The molecule has 0 fully saturated rings. The molecule has 0 saturated carbocycles. The van der Waals surface area contributed by atoms with E-state index >= 15 is 0 Å². The normalized spacial score (nSPS) is 10.8. The van der Waals surface area contributed by atoms with E-state index in [9.17, 15) is 14.7 Å². The van der Waals surface area contributed by atoms with Crippen molar-refractivity contribution in [1.29, 1.82) is 0 Å². The van der Waals surface area contributed by atoms with Gasteiger partial charge in [-0.1, -0.05) is 0 Å². The first-order chi connectivity index (χ1) is 8.50. The fourth-order valence-corrected chi connectivity index (χ4v) is 1.72. The first-order valence-corrected chi connectivity index (χ1v) is 5.49. The van der Waals surface area contributed by atoms with E-state index in [1.54, 1.807) is 12.4 Å². The van der Waals surface area contributed by atoms with Crippen molar-refractivity contribution in [2.45, 2.75) is 19.9 Å². The first-order valence-electron chi connectivity index (χ1n) is 5.49. The summed E-state index contributed by atoms with van der Waals surface area (Å²) in [7, 11) is 1.85. The molecule has 2 N–H and O–H groups in total. The van der Waals surface area contributed by atoms with Gasteiger partial charge in [0.25, 0.3) is 5.56 Å². The van der Waals surface area contributed by atoms with Crippen LogP contribution in [0, 0.1) is 6.92 Å². The number of aromatic amines is 1. The van der Waals surface area contributed by atoms with Crippen LogP contribution in [-0.4, -0.2) is 24.2 Å². The van der Waals surface area contributed by atoms with E-state index in [4.69, 9.17) is 0 Å². The molecular weight excluding hydrogens is 236 g/mol. The molecule has 0 aliphatic rings. The Bertz CT molecular complexity index is 680. The molecule has 0 aliphatic carbocycles. The predicted octanol–water partition coefficient (Wildman–Crippen LogP) is -0.473. The Balaban J connectivity index is 2.31. The SMILES string of the molecule is Cc1c(O)n(CCc2nccn2C)c(=O)[nH]c1=O. The molecule has 0 aliphatic heterocycles. The van der Waals surface area contributed by atoms with Crippen LogP contribution in [0.5, 0.6) is 5.88 Å². The second-order valence-electron chi connectivity index (χ2n) is 4.06. The quantitative estimate of drug-likeness (QED) is 0.770. The molecule has 96 valence electrons. The summed E-state index contributed by atoms with van der Waals surface area (Å²) in [5.74, 6) is 0.503. The Morgan fingerprint density at radius 3 is 2.78 bits per heavy atom. The first kappa shape index (κ1) is 12.2. The number of aromatic hydroxyl groups is 1. The van der Waals surface area contributed by atoms with Crippen molar-refractivity contribution in [2.75, 3.05) is 0 Å². The largest absolute Gasteiger partial charge is 0.494 e. The Labute approximate surface area is 102 Å². The van der Waals surface area contributed by atoms with Gasteiger partial charge in [0.05, 0.1) is 5.56 Å². The molecule has 0 amide bonds. The Hall–Kier alpha value is -2.31. The minimum absolute atomic E-state index is 0.134. The third-order valence-corrected chi connectivity index (χ3v) is 2.88. The van der Waals surface area contributed by atoms with Crippen LogP contribution in [-0.2, 0) is 20.0 Å². The minimum Gasteiger partial charge on any atom is -0.494 e. The number of aromatic nitrogens is 4. The number of aryl methyl sites for hydroxylation is 2. The van der Waals surface area contributed by atoms with E-state index in [1.165, 1.54) is 6.92 Å². The van der Waals surface area contributed by atoms with Crippen molar-refractivity contribution < 1.29 is 5.11 Å². The summed E-state index contributed by atoms with van der Waals surface area (Å²) in [5, 5.41) is 9.77. The molecule has 2 aromatic rings. The van der Waals surface area contributed by atoms with E-state index in [-0.39, 0.29) is 18.0 Å². The average molecular weight is 250 g/mol. The van der Waals surface area contributed by atoms with Gasteiger partial charge in [-0.25, -0.2) is 9.78 Å². The maximum Gasteiger partial charge on any atom is 0.331 e. The van der Waals surface area contributed by atoms with Crippen molar-refractivity contribution in [3.8, 4) is 5.88 Å². The number of H-pyrrole nitrogens is 1. The standard InChI is InChI=1S/C11H14N4O3/c1-7-9(16)13-11(18)15(10(7)17)5-3-8-12-4-6-14(8)2/h4,6,17H,3,5H2,1-2H3,(H,13,16,18). The molecule has 2 rings (SSSR count). The number of hydrogen-bond donors (Lipinski definition) is 2. The molecule has 0 atom stereocenters. The van der Waals surface area contributed by atoms with Crippen LogP contribution < -0.4 is 11.2 Å². The number of rotatable bonds is 3. The molecular formula is C11H14N4O3. The lowest BCUT2D eigenvalue weighted by Gasteiger charge is -2.09. The van der Waals surface area contributed by atoms with Crippen LogP contribution in [0.3, 0.4) is 0 Å². The summed E-state index contributed by atoms with van der Waals surface area (Å²) in [5.41, 5.74) is -1.04. The molecule has 2 aromatic heterocycles. The summed E-state index contributed by atoms with van der Waals surface area (Å²) in [6.45, 7) is 1.72. The van der Waals surface area contributed by atoms with Gasteiger partial charge >= 0.3 is 5.69 Å². The number of imidazole rings is 1. The van der Waals surface area contributed by atoms with E-state index in [2.05, 4.69) is 9.97 Å². The fourth-order valence-electron chi connectivity index (χ4n) is 1.72. The van der Waals surface area contributed by atoms with Crippen LogP contribution in [0.25, 0.3) is 0 Å². The van der Waals surface area contributed by atoms with Gasteiger partial charge in [-0.15, -0.1) is 0 Å². The second kappa shape index (κ2) is 4.52. The van der Waals surface area contributed by atoms with Crippen LogP contribution in [0.4, 0.5) is 0 Å². The van der Waals surface area contributed by atoms with Crippen molar-refractivity contribution in [3.05, 3.63) is 44.6 Å². The van der Waals surface area contributed by atoms with Crippen LogP contribution in [0.2, 0.25) is 0 Å². The molecule has 7 heteroatoms. The molecule has 0 unspecified atom stereocenters. The van der Waals surface area contributed by atoms with Gasteiger partial charge in [0.2, 0.25) is 5.88 Å². The summed E-state index contributed by atoms with van der Waals surface area (Å²) >= 11 is 0. The summed E-state index contributed by atoms with van der Waals surface area (Å²) in [6, 6.07) is 0. The van der Waals surface area contributed by atoms with E-state index in [0.717, 1.165) is 10.4 Å². The van der Waals surface area contributed by atoms with E-state index in [1.807, 2.05) is 11.6 Å². The van der Waals surface area contributed by atoms with Gasteiger partial charge in [0.1, 0.15) is 5.82 Å². The highest BCUT2D eigenvalue weighted by molar-refractivity contribution is 5.20. The smallest absolute Gasteiger partial charge is 0.331 e. The van der Waals surface area contributed by atoms with Gasteiger partial charge in [-0.2, -0.15) is 0 Å². The summed E-state index contributed by atoms with van der Waals surface area (Å²) < 4.78 is 2.96. The van der Waals surface area contributed by atoms with Crippen molar-refractivity contribution >= 4 is 0 Å². The lowest BCUT2D eigenvalue weighted by molar-refractivity contribution is 0.394. The molecule has 7 nitrogen and oxygen atoms in total. The monoisotopic (exact) mass is 250 g/mol. The fraction of sp³-hybridized carbons (Fsp3) is 0.364. The van der Waals surface area contributed by atoms with Gasteiger partial charge in [0, 0.05) is 32.4 Å². The molecule has 0 bridgehead atoms. The van der Waals surface area contributed by atoms with Crippen molar-refractivity contribution in [3.63, 3.8) is 0 Å². The Morgan fingerprint density at radius 1 is 1.44 bits per heavy atom. The van der Waals surface area contributed by atoms with E-state index in [0.29, 0.717) is 6.42 Å². The number of nitrogens with one attached hydrogen (secondary N) is 1. The van der Waals surface area contributed by atoms with Gasteiger partial charge < -0.3 is 9.67 Å². The maximum atomic E-state index is 11.6. The minimum atomic E-state index is -0.614. The second-order valence-corrected chi connectivity index (χ2v) is 4.06. The lowest BCUT2D eigenvalue weighted by Crippen LogP contribution is -2.32. The van der Waals surface area contributed by atoms with E-state index < -0.39 is 11.2 Å². The Kier molecular flexibility index (Phi) is 3.05. The molecule has 2 heterocycles. The zero-order valence-corrected chi connectivity index (χ0v) is 10.2. The highest BCUT2D eigenvalue weighted by Crippen LogP contribution is 2.08. The maximum absolute atomic E-state index is 11.6. The molecule has 0 saturated heterocycles. The predicted molar refractivity (Wildman–Crippen MR) is 64.6 cm³/mol. The average Bonchev–Trinajstić information content (AvgIpc) is 2.72. The third-order valence-electron chi connectivity index (χ3n) is 2.88. The van der Waals surface area contributed by atoms with Gasteiger partial charge in [0.15, 0.2) is 0 Å². The molecule has 0 radical (unpaired) electrons. The third kappa shape index (κ3) is 2.06. The zero-order chi connectivity index (χ0) is 13.3. The molecule has 0 spiro atoms.